The van der Waals surface area contributed by atoms with E-state index < -0.39 is 9.84 Å². The van der Waals surface area contributed by atoms with E-state index >= 15 is 0 Å². The van der Waals surface area contributed by atoms with Crippen molar-refractivity contribution in [3.05, 3.63) is 48.5 Å². The van der Waals surface area contributed by atoms with E-state index in [1.807, 2.05) is 0 Å². The molecule has 2 aromatic carbocycles. The van der Waals surface area contributed by atoms with Crippen molar-refractivity contribution in [2.75, 3.05) is 13.2 Å². The third-order valence-corrected chi connectivity index (χ3v) is 7.59. The summed E-state index contributed by atoms with van der Waals surface area (Å²) in [6.07, 6.45) is 14.6. The van der Waals surface area contributed by atoms with Crippen molar-refractivity contribution in [3.8, 4) is 11.5 Å². The van der Waals surface area contributed by atoms with E-state index in [4.69, 9.17) is 9.47 Å². The van der Waals surface area contributed by atoms with Crippen molar-refractivity contribution >= 4 is 9.84 Å². The first-order chi connectivity index (χ1) is 16.1. The number of hydrogen-bond donors (Lipinski definition) is 0. The lowest BCUT2D eigenvalue weighted by molar-refractivity contribution is 0.304. The smallest absolute Gasteiger partial charge is 0.206 e. The van der Waals surface area contributed by atoms with Crippen LogP contribution in [0.25, 0.3) is 0 Å². The van der Waals surface area contributed by atoms with Gasteiger partial charge in [-0.25, -0.2) is 8.42 Å². The fourth-order valence-electron chi connectivity index (χ4n) is 3.71. The van der Waals surface area contributed by atoms with Gasteiger partial charge in [0.25, 0.3) is 0 Å². The van der Waals surface area contributed by atoms with Crippen molar-refractivity contribution in [1.82, 2.24) is 0 Å². The molecule has 0 N–H and O–H groups in total. The molecule has 0 heterocycles. The van der Waals surface area contributed by atoms with E-state index in [0.29, 0.717) is 24.7 Å². The molecule has 0 aliphatic carbocycles. The lowest BCUT2D eigenvalue weighted by Crippen LogP contribution is -2.03. The molecule has 0 aliphatic heterocycles. The van der Waals surface area contributed by atoms with Crippen molar-refractivity contribution in [2.45, 2.75) is 101 Å². The van der Waals surface area contributed by atoms with Crippen molar-refractivity contribution in [1.29, 1.82) is 0 Å². The van der Waals surface area contributed by atoms with Crippen LogP contribution in [-0.2, 0) is 9.84 Å². The second kappa shape index (κ2) is 15.8. The van der Waals surface area contributed by atoms with Crippen LogP contribution in [0.3, 0.4) is 0 Å². The molecule has 5 heteroatoms. The predicted molar refractivity (Wildman–Crippen MR) is 136 cm³/mol. The normalized spacial score (nSPS) is 11.5. The molecule has 184 valence electrons. The van der Waals surface area contributed by atoms with Gasteiger partial charge >= 0.3 is 0 Å². The third kappa shape index (κ3) is 10.2. The summed E-state index contributed by atoms with van der Waals surface area (Å²) < 4.78 is 37.4. The van der Waals surface area contributed by atoms with Crippen LogP contribution < -0.4 is 9.47 Å². The number of benzene rings is 2. The monoisotopic (exact) mass is 474 g/mol. The van der Waals surface area contributed by atoms with E-state index in [1.54, 1.807) is 48.5 Å². The summed E-state index contributed by atoms with van der Waals surface area (Å²) in [4.78, 5) is 0.547. The van der Waals surface area contributed by atoms with E-state index in [-0.39, 0.29) is 9.79 Å². The Labute approximate surface area is 201 Å². The first-order valence-electron chi connectivity index (χ1n) is 12.8. The number of ether oxygens (including phenoxy) is 2. The Bertz CT molecular complexity index is 790. The zero-order valence-electron chi connectivity index (χ0n) is 20.6. The molecule has 0 unspecified atom stereocenters. The van der Waals surface area contributed by atoms with Gasteiger partial charge in [0, 0.05) is 0 Å². The Balaban J connectivity index is 1.78. The van der Waals surface area contributed by atoms with Gasteiger partial charge in [-0.15, -0.1) is 0 Å². The number of rotatable bonds is 18. The minimum absolute atomic E-state index is 0.273. The predicted octanol–water partition coefficient (Wildman–Crippen LogP) is 8.00. The fourth-order valence-corrected chi connectivity index (χ4v) is 4.97. The Morgan fingerprint density at radius 1 is 0.515 bits per heavy atom. The Hall–Kier alpha value is -2.01. The minimum atomic E-state index is -3.56. The van der Waals surface area contributed by atoms with Crippen molar-refractivity contribution in [3.63, 3.8) is 0 Å². The molecule has 4 nitrogen and oxygen atoms in total. The molecule has 0 amide bonds. The highest BCUT2D eigenvalue weighted by Gasteiger charge is 2.17. The van der Waals surface area contributed by atoms with Crippen LogP contribution in [-0.4, -0.2) is 21.6 Å². The van der Waals surface area contributed by atoms with Gasteiger partial charge in [-0.1, -0.05) is 78.1 Å². The van der Waals surface area contributed by atoms with Crippen LogP contribution in [0.15, 0.2) is 58.3 Å². The molecular formula is C28H42O4S. The molecular weight excluding hydrogens is 432 g/mol. The van der Waals surface area contributed by atoms with Gasteiger partial charge in [-0.2, -0.15) is 0 Å². The van der Waals surface area contributed by atoms with Crippen LogP contribution in [0.4, 0.5) is 0 Å². The van der Waals surface area contributed by atoms with Crippen molar-refractivity contribution < 1.29 is 17.9 Å². The summed E-state index contributed by atoms with van der Waals surface area (Å²) in [5, 5.41) is 0. The molecule has 0 radical (unpaired) electrons. The van der Waals surface area contributed by atoms with Crippen LogP contribution in [0.1, 0.15) is 90.9 Å². The average molecular weight is 475 g/mol. The third-order valence-electron chi connectivity index (χ3n) is 5.80. The molecule has 0 fully saturated rings. The molecule has 0 atom stereocenters. The molecule has 0 saturated heterocycles. The Morgan fingerprint density at radius 3 is 1.21 bits per heavy atom. The van der Waals surface area contributed by atoms with E-state index in [2.05, 4.69) is 13.8 Å². The molecule has 0 saturated carbocycles. The highest BCUT2D eigenvalue weighted by molar-refractivity contribution is 7.91. The maximum Gasteiger partial charge on any atom is 0.206 e. The molecule has 0 bridgehead atoms. The first-order valence-corrected chi connectivity index (χ1v) is 14.3. The fraction of sp³-hybridized carbons (Fsp3) is 0.571. The summed E-state index contributed by atoms with van der Waals surface area (Å²) in [6.45, 7) is 5.76. The SMILES string of the molecule is CCCCCCCCOc1ccc(S(=O)(=O)c2ccc(OCCCCCCCC)cc2)cc1. The zero-order valence-corrected chi connectivity index (χ0v) is 21.4. The van der Waals surface area contributed by atoms with Gasteiger partial charge < -0.3 is 9.47 Å². The van der Waals surface area contributed by atoms with E-state index in [9.17, 15) is 8.42 Å². The summed E-state index contributed by atoms with van der Waals surface area (Å²) in [7, 11) is -3.56. The molecule has 0 spiro atoms. The molecule has 2 rings (SSSR count). The van der Waals surface area contributed by atoms with Crippen LogP contribution in [0, 0.1) is 0 Å². The maximum absolute atomic E-state index is 12.9. The Morgan fingerprint density at radius 2 is 0.848 bits per heavy atom. The minimum Gasteiger partial charge on any atom is -0.494 e. The summed E-state index contributed by atoms with van der Waals surface area (Å²) >= 11 is 0. The van der Waals surface area contributed by atoms with Crippen LogP contribution >= 0.6 is 0 Å². The summed E-state index contributed by atoms with van der Waals surface area (Å²) in [5.74, 6) is 1.42. The van der Waals surface area contributed by atoms with E-state index in [1.165, 1.54) is 64.2 Å². The number of sulfone groups is 1. The van der Waals surface area contributed by atoms with Gasteiger partial charge in [-0.05, 0) is 61.4 Å². The highest BCUT2D eigenvalue weighted by atomic mass is 32.2. The van der Waals surface area contributed by atoms with Gasteiger partial charge in [0.05, 0.1) is 23.0 Å². The molecule has 33 heavy (non-hydrogen) atoms. The molecule has 2 aromatic rings. The summed E-state index contributed by atoms with van der Waals surface area (Å²) in [6, 6.07) is 13.4. The van der Waals surface area contributed by atoms with Gasteiger partial charge in [0.2, 0.25) is 9.84 Å². The van der Waals surface area contributed by atoms with Crippen LogP contribution in [0.5, 0.6) is 11.5 Å². The largest absolute Gasteiger partial charge is 0.494 e. The standard InChI is InChI=1S/C28H42O4S/c1-3-5-7-9-11-13-23-31-25-15-19-27(20-16-25)33(29,30)28-21-17-26(18-22-28)32-24-14-12-10-8-6-4-2/h15-22H,3-14,23-24H2,1-2H3. The topological polar surface area (TPSA) is 52.6 Å². The molecule has 0 aliphatic rings. The van der Waals surface area contributed by atoms with Crippen molar-refractivity contribution in [2.24, 2.45) is 0 Å². The quantitative estimate of drug-likeness (QED) is 0.205. The lowest BCUT2D eigenvalue weighted by Gasteiger charge is -2.10. The number of hydrogen-bond acceptors (Lipinski definition) is 4. The highest BCUT2D eigenvalue weighted by Crippen LogP contribution is 2.25. The average Bonchev–Trinajstić information content (AvgIpc) is 2.83. The van der Waals surface area contributed by atoms with Gasteiger partial charge in [-0.3, -0.25) is 0 Å². The van der Waals surface area contributed by atoms with Gasteiger partial charge in [0.1, 0.15) is 11.5 Å². The zero-order chi connectivity index (χ0) is 23.8. The first kappa shape index (κ1) is 27.2. The second-order valence-electron chi connectivity index (χ2n) is 8.68. The second-order valence-corrected chi connectivity index (χ2v) is 10.6. The lowest BCUT2D eigenvalue weighted by atomic mass is 10.1. The van der Waals surface area contributed by atoms with E-state index in [0.717, 1.165) is 12.8 Å². The summed E-state index contributed by atoms with van der Waals surface area (Å²) in [5.41, 5.74) is 0. The number of unbranched alkanes of at least 4 members (excludes halogenated alkanes) is 10. The van der Waals surface area contributed by atoms with Gasteiger partial charge in [0.15, 0.2) is 0 Å². The maximum atomic E-state index is 12.9. The molecule has 0 aromatic heterocycles. The Kier molecular flexibility index (Phi) is 13.0. The van der Waals surface area contributed by atoms with Crippen LogP contribution in [0.2, 0.25) is 0 Å².